The third-order valence-corrected chi connectivity index (χ3v) is 8.83. The van der Waals surface area contributed by atoms with Crippen molar-refractivity contribution < 1.29 is 18.7 Å². The molecule has 2 aliphatic heterocycles. The summed E-state index contributed by atoms with van der Waals surface area (Å²) in [4.78, 5) is 30.0. The Labute approximate surface area is 248 Å². The van der Waals surface area contributed by atoms with Crippen LogP contribution in [0.4, 0.5) is 11.6 Å². The molecule has 2 aliphatic rings. The van der Waals surface area contributed by atoms with E-state index >= 15 is 0 Å². The number of benzene rings is 3. The highest BCUT2D eigenvalue weighted by Gasteiger charge is 2.20. The minimum Gasteiger partial charge on any atom is -0.440 e. The molecule has 4 heterocycles. The van der Waals surface area contributed by atoms with Crippen LogP contribution in [0.5, 0.6) is 0 Å². The van der Waals surface area contributed by atoms with Crippen molar-refractivity contribution in [1.29, 1.82) is 0 Å². The number of thiophene rings is 1. The molecule has 218 valence electrons. The number of carbonyl (C=O) groups is 1. The van der Waals surface area contributed by atoms with Crippen LogP contribution >= 0.6 is 11.3 Å². The van der Waals surface area contributed by atoms with Crippen LogP contribution in [0.2, 0.25) is 0 Å². The molecule has 2 saturated heterocycles. The van der Waals surface area contributed by atoms with Crippen LogP contribution in [-0.4, -0.2) is 70.0 Å². The van der Waals surface area contributed by atoms with E-state index < -0.39 is 0 Å². The lowest BCUT2D eigenvalue weighted by Gasteiger charge is -2.27. The largest absolute Gasteiger partial charge is 0.440 e. The minimum absolute atomic E-state index is 0.0247. The Hall–Kier alpha value is -3.76. The first kappa shape index (κ1) is 28.4. The van der Waals surface area contributed by atoms with E-state index in [0.717, 1.165) is 50.1 Å². The summed E-state index contributed by atoms with van der Waals surface area (Å²) in [7, 11) is 0. The van der Waals surface area contributed by atoms with Crippen LogP contribution in [0.3, 0.4) is 0 Å². The number of nitrogens with one attached hydrogen (secondary N) is 1. The quantitative estimate of drug-likeness (QED) is 0.272. The maximum atomic E-state index is 13.1. The Morgan fingerprint density at radius 3 is 2.29 bits per heavy atom. The molecule has 42 heavy (non-hydrogen) atoms. The number of anilines is 2. The third-order valence-electron chi connectivity index (χ3n) is 7.61. The van der Waals surface area contributed by atoms with Crippen molar-refractivity contribution in [3.8, 4) is 11.1 Å². The SMILES string of the molecule is CC.O=C(CN1CCOCC1)Nc1ccc2sc3c(-c4cccc5c(=O)cc(N6CCOCC6)oc45)cccc3c2c1. The minimum atomic E-state index is -0.0504. The average molecular weight is 586 g/mol. The number of carbonyl (C=O) groups excluding carboxylic acids is 1. The molecule has 7 rings (SSSR count). The van der Waals surface area contributed by atoms with Gasteiger partial charge >= 0.3 is 0 Å². The summed E-state index contributed by atoms with van der Waals surface area (Å²) in [5, 5.41) is 5.82. The molecule has 1 N–H and O–H groups in total. The molecule has 5 aromatic rings. The molecular weight excluding hydrogens is 550 g/mol. The van der Waals surface area contributed by atoms with E-state index in [-0.39, 0.29) is 11.3 Å². The van der Waals surface area contributed by atoms with Gasteiger partial charge in [0.05, 0.1) is 38.4 Å². The molecule has 0 saturated carbocycles. The predicted octanol–water partition coefficient (Wildman–Crippen LogP) is 5.96. The Balaban J connectivity index is 0.00000155. The summed E-state index contributed by atoms with van der Waals surface area (Å²) >= 11 is 1.70. The first-order chi connectivity index (χ1) is 20.6. The molecule has 2 fully saturated rings. The number of hydrogen-bond acceptors (Lipinski definition) is 8. The molecule has 3 aromatic carbocycles. The summed E-state index contributed by atoms with van der Waals surface area (Å²) in [5.74, 6) is 0.553. The lowest BCUT2D eigenvalue weighted by atomic mass is 10.0. The van der Waals surface area contributed by atoms with Gasteiger partial charge in [-0.05, 0) is 24.3 Å². The molecule has 0 bridgehead atoms. The maximum absolute atomic E-state index is 13.1. The van der Waals surface area contributed by atoms with Gasteiger partial charge < -0.3 is 24.1 Å². The maximum Gasteiger partial charge on any atom is 0.238 e. The first-order valence-electron chi connectivity index (χ1n) is 14.6. The number of rotatable bonds is 5. The lowest BCUT2D eigenvalue weighted by Crippen LogP contribution is -2.41. The summed E-state index contributed by atoms with van der Waals surface area (Å²) < 4.78 is 19.5. The molecule has 1 amide bonds. The fourth-order valence-corrected chi connectivity index (χ4v) is 6.78. The topological polar surface area (TPSA) is 84.2 Å². The van der Waals surface area contributed by atoms with Gasteiger partial charge in [0.15, 0.2) is 11.3 Å². The number of morpholine rings is 2. The highest BCUT2D eigenvalue weighted by molar-refractivity contribution is 7.26. The van der Waals surface area contributed by atoms with Crippen molar-refractivity contribution in [2.45, 2.75) is 13.8 Å². The molecule has 0 unspecified atom stereocenters. The van der Waals surface area contributed by atoms with Crippen molar-refractivity contribution in [2.24, 2.45) is 0 Å². The number of amides is 1. The fourth-order valence-electron chi connectivity index (χ4n) is 5.57. The average Bonchev–Trinajstić information content (AvgIpc) is 3.41. The van der Waals surface area contributed by atoms with E-state index in [4.69, 9.17) is 13.9 Å². The van der Waals surface area contributed by atoms with Gasteiger partial charge in [0.1, 0.15) is 5.58 Å². The zero-order chi connectivity index (χ0) is 29.1. The highest BCUT2D eigenvalue weighted by atomic mass is 32.1. The van der Waals surface area contributed by atoms with E-state index in [0.29, 0.717) is 62.9 Å². The number of ether oxygens (including phenoxy) is 2. The van der Waals surface area contributed by atoms with E-state index in [9.17, 15) is 9.59 Å². The molecule has 0 atom stereocenters. The van der Waals surface area contributed by atoms with E-state index in [1.807, 2.05) is 44.2 Å². The standard InChI is InChI=1S/C31H29N3O5S.C2H6/c35-26-18-29(34-11-15-38-16-12-34)39-30-21(3-1-6-24(26)30)22-4-2-5-23-25-17-20(7-8-27(25)40-31(22)23)32-28(36)19-33-9-13-37-14-10-33;1-2/h1-8,17-18H,9-16,19H2,(H,32,36);1-2H3. The van der Waals surface area contributed by atoms with Gasteiger partial charge in [-0.15, -0.1) is 11.3 Å². The second-order valence-electron chi connectivity index (χ2n) is 10.2. The van der Waals surface area contributed by atoms with Gasteiger partial charge in [0, 0.05) is 69.2 Å². The number of nitrogens with zero attached hydrogens (tertiary/aromatic N) is 2. The van der Waals surface area contributed by atoms with E-state index in [1.165, 1.54) is 0 Å². The molecule has 8 nitrogen and oxygen atoms in total. The summed E-state index contributed by atoms with van der Waals surface area (Å²) in [6, 6.07) is 19.6. The van der Waals surface area contributed by atoms with Crippen molar-refractivity contribution in [2.75, 3.05) is 69.4 Å². The summed E-state index contributed by atoms with van der Waals surface area (Å²) in [5.41, 5.74) is 3.23. The van der Waals surface area contributed by atoms with Crippen molar-refractivity contribution in [1.82, 2.24) is 4.90 Å². The van der Waals surface area contributed by atoms with Gasteiger partial charge in [-0.25, -0.2) is 0 Å². The Kier molecular flexibility index (Phi) is 8.53. The van der Waals surface area contributed by atoms with Gasteiger partial charge in [-0.1, -0.05) is 44.2 Å². The molecule has 2 aromatic heterocycles. The monoisotopic (exact) mass is 585 g/mol. The summed E-state index contributed by atoms with van der Waals surface area (Å²) in [6.45, 7) is 9.82. The Morgan fingerprint density at radius 1 is 0.833 bits per heavy atom. The molecular formula is C33H35N3O5S. The second kappa shape index (κ2) is 12.6. The Bertz CT molecular complexity index is 1780. The van der Waals surface area contributed by atoms with Crippen LogP contribution in [0.25, 0.3) is 42.3 Å². The van der Waals surface area contributed by atoms with E-state index in [2.05, 4.69) is 39.4 Å². The normalized spacial score (nSPS) is 16.0. The zero-order valence-corrected chi connectivity index (χ0v) is 24.8. The Morgan fingerprint density at radius 2 is 1.52 bits per heavy atom. The lowest BCUT2D eigenvalue weighted by molar-refractivity contribution is -0.118. The highest BCUT2D eigenvalue weighted by Crippen LogP contribution is 2.42. The number of fused-ring (bicyclic) bond motifs is 4. The number of para-hydroxylation sites is 1. The molecule has 0 aliphatic carbocycles. The van der Waals surface area contributed by atoms with Crippen molar-refractivity contribution >= 4 is 60.0 Å². The summed E-state index contributed by atoms with van der Waals surface area (Å²) in [6.07, 6.45) is 0. The third kappa shape index (κ3) is 5.65. The van der Waals surface area contributed by atoms with Crippen LogP contribution in [0, 0.1) is 0 Å². The van der Waals surface area contributed by atoms with Gasteiger partial charge in [-0.2, -0.15) is 0 Å². The van der Waals surface area contributed by atoms with Crippen LogP contribution in [-0.2, 0) is 14.3 Å². The van der Waals surface area contributed by atoms with Gasteiger partial charge in [0.2, 0.25) is 5.91 Å². The van der Waals surface area contributed by atoms with Crippen LogP contribution < -0.4 is 15.6 Å². The number of hydrogen-bond donors (Lipinski definition) is 1. The second-order valence-corrected chi connectivity index (χ2v) is 11.2. The van der Waals surface area contributed by atoms with Gasteiger partial charge in [-0.3, -0.25) is 14.5 Å². The first-order valence-corrected chi connectivity index (χ1v) is 15.4. The smallest absolute Gasteiger partial charge is 0.238 e. The molecule has 0 radical (unpaired) electrons. The van der Waals surface area contributed by atoms with Crippen LogP contribution in [0.15, 0.2) is 69.9 Å². The molecule has 9 heteroatoms. The molecule has 0 spiro atoms. The fraction of sp³-hybridized carbons (Fsp3) is 0.333. The van der Waals surface area contributed by atoms with E-state index in [1.54, 1.807) is 17.4 Å². The predicted molar refractivity (Wildman–Crippen MR) is 171 cm³/mol. The van der Waals surface area contributed by atoms with Gasteiger partial charge in [0.25, 0.3) is 0 Å². The van der Waals surface area contributed by atoms with Crippen LogP contribution in [0.1, 0.15) is 13.8 Å². The van der Waals surface area contributed by atoms with Crippen molar-refractivity contribution in [3.05, 3.63) is 70.9 Å². The van der Waals surface area contributed by atoms with Crippen molar-refractivity contribution in [3.63, 3.8) is 0 Å². The zero-order valence-electron chi connectivity index (χ0n) is 24.0.